The second-order valence-electron chi connectivity index (χ2n) is 5.70. The van der Waals surface area contributed by atoms with Gasteiger partial charge in [0.05, 0.1) is 6.04 Å². The van der Waals surface area contributed by atoms with Gasteiger partial charge < -0.3 is 21.3 Å². The Morgan fingerprint density at radius 2 is 1.67 bits per heavy atom. The van der Waals surface area contributed by atoms with E-state index in [4.69, 9.17) is 5.73 Å². The molecule has 2 unspecified atom stereocenters. The van der Waals surface area contributed by atoms with E-state index in [1.54, 1.807) is 11.8 Å². The summed E-state index contributed by atoms with van der Waals surface area (Å²) in [4.78, 5) is 25.4. The minimum atomic E-state index is -0.153. The molecule has 0 aliphatic rings. The monoisotopic (exact) mass is 356 g/mol. The van der Waals surface area contributed by atoms with E-state index in [0.717, 1.165) is 11.3 Å². The molecule has 3 amide bonds. The smallest absolute Gasteiger partial charge is 0.321 e. The Kier molecular flexibility index (Phi) is 10.1. The minimum Gasteiger partial charge on any atom is -0.350 e. The van der Waals surface area contributed by atoms with Gasteiger partial charge in [-0.3, -0.25) is 4.79 Å². The maximum absolute atomic E-state index is 12.0. The normalized spacial score (nSPS) is 12.5. The van der Waals surface area contributed by atoms with E-state index in [1.807, 2.05) is 45.0 Å². The fraction of sp³-hybridized carbons (Fsp3) is 0.529. The number of hydrogen-bond donors (Lipinski definition) is 3. The zero-order valence-electron chi connectivity index (χ0n) is 14.8. The highest BCUT2D eigenvalue weighted by atomic mass is 35.5. The summed E-state index contributed by atoms with van der Waals surface area (Å²) >= 11 is 0. The summed E-state index contributed by atoms with van der Waals surface area (Å²) in [5.74, 6) is -0.0635. The van der Waals surface area contributed by atoms with E-state index < -0.39 is 0 Å². The first-order chi connectivity index (χ1) is 10.9. The third-order valence-electron chi connectivity index (χ3n) is 3.60. The number of carbonyl (C=O) groups is 2. The summed E-state index contributed by atoms with van der Waals surface area (Å²) in [5, 5.41) is 5.77. The fourth-order valence-corrected chi connectivity index (χ4v) is 2.24. The van der Waals surface area contributed by atoms with Crippen molar-refractivity contribution in [3.63, 3.8) is 0 Å². The summed E-state index contributed by atoms with van der Waals surface area (Å²) in [6.45, 7) is 8.95. The number of halogens is 1. The molecule has 1 aromatic carbocycles. The molecule has 0 saturated heterocycles. The highest BCUT2D eigenvalue weighted by Crippen LogP contribution is 2.16. The first-order valence-electron chi connectivity index (χ1n) is 8.08. The number of hydrogen-bond acceptors (Lipinski definition) is 3. The lowest BCUT2D eigenvalue weighted by molar-refractivity contribution is -0.122. The summed E-state index contributed by atoms with van der Waals surface area (Å²) in [7, 11) is 0. The molecule has 24 heavy (non-hydrogen) atoms. The number of nitrogens with one attached hydrogen (secondary N) is 2. The van der Waals surface area contributed by atoms with Crippen LogP contribution in [0.1, 0.15) is 45.7 Å². The lowest BCUT2D eigenvalue weighted by Gasteiger charge is -2.20. The molecule has 0 aliphatic heterocycles. The van der Waals surface area contributed by atoms with Crippen LogP contribution in [0.25, 0.3) is 0 Å². The van der Waals surface area contributed by atoms with Crippen molar-refractivity contribution in [2.75, 3.05) is 18.4 Å². The standard InChI is InChI=1S/C17H28N4O2.ClH/c1-5-21(6-2)17(23)20-15-9-7-14(8-10-15)13(4)19-16(22)11-12(3)18;/h7-10,12-13H,5-6,11,18H2,1-4H3,(H,19,22)(H,20,23);1H. The summed E-state index contributed by atoms with van der Waals surface area (Å²) in [5.41, 5.74) is 7.33. The molecule has 7 heteroatoms. The maximum Gasteiger partial charge on any atom is 0.321 e. The van der Waals surface area contributed by atoms with E-state index in [2.05, 4.69) is 10.6 Å². The third kappa shape index (κ3) is 7.19. The Balaban J connectivity index is 0.00000529. The molecule has 2 atom stereocenters. The van der Waals surface area contributed by atoms with Gasteiger partial charge in [-0.05, 0) is 45.4 Å². The van der Waals surface area contributed by atoms with Gasteiger partial charge in [-0.2, -0.15) is 0 Å². The van der Waals surface area contributed by atoms with Gasteiger partial charge in [0, 0.05) is 31.2 Å². The van der Waals surface area contributed by atoms with Crippen LogP contribution in [0.5, 0.6) is 0 Å². The molecule has 136 valence electrons. The van der Waals surface area contributed by atoms with Crippen LogP contribution in [-0.2, 0) is 4.79 Å². The van der Waals surface area contributed by atoms with Crippen LogP contribution in [0.15, 0.2) is 24.3 Å². The molecule has 0 aromatic heterocycles. The topological polar surface area (TPSA) is 87.5 Å². The van der Waals surface area contributed by atoms with E-state index in [1.165, 1.54) is 0 Å². The lowest BCUT2D eigenvalue weighted by Crippen LogP contribution is -2.34. The average molecular weight is 357 g/mol. The maximum atomic E-state index is 12.0. The Labute approximate surface area is 150 Å². The number of carbonyl (C=O) groups excluding carboxylic acids is 2. The second kappa shape index (κ2) is 10.9. The summed E-state index contributed by atoms with van der Waals surface area (Å²) < 4.78 is 0. The molecule has 4 N–H and O–H groups in total. The van der Waals surface area contributed by atoms with Crippen LogP contribution >= 0.6 is 12.4 Å². The first kappa shape index (κ1) is 22.2. The van der Waals surface area contributed by atoms with Gasteiger partial charge >= 0.3 is 6.03 Å². The fourth-order valence-electron chi connectivity index (χ4n) is 2.24. The number of nitrogens with two attached hydrogens (primary N) is 1. The van der Waals surface area contributed by atoms with Crippen LogP contribution in [0.2, 0.25) is 0 Å². The lowest BCUT2D eigenvalue weighted by atomic mass is 10.1. The van der Waals surface area contributed by atoms with E-state index in [0.29, 0.717) is 19.5 Å². The molecule has 0 heterocycles. The Morgan fingerprint density at radius 1 is 1.12 bits per heavy atom. The number of anilines is 1. The molecular formula is C17H29ClN4O2. The van der Waals surface area contributed by atoms with Gasteiger partial charge in [-0.15, -0.1) is 12.4 Å². The van der Waals surface area contributed by atoms with Crippen molar-refractivity contribution in [3.05, 3.63) is 29.8 Å². The number of benzene rings is 1. The van der Waals surface area contributed by atoms with Crippen LogP contribution in [0.4, 0.5) is 10.5 Å². The zero-order valence-corrected chi connectivity index (χ0v) is 15.7. The molecule has 0 fully saturated rings. The van der Waals surface area contributed by atoms with E-state index in [-0.39, 0.29) is 36.4 Å². The Bertz CT molecular complexity index is 516. The summed E-state index contributed by atoms with van der Waals surface area (Å²) in [6.07, 6.45) is 0.308. The van der Waals surface area contributed by atoms with Crippen molar-refractivity contribution >= 4 is 30.0 Å². The van der Waals surface area contributed by atoms with Crippen molar-refractivity contribution in [3.8, 4) is 0 Å². The zero-order chi connectivity index (χ0) is 17.4. The predicted molar refractivity (Wildman–Crippen MR) is 100 cm³/mol. The highest BCUT2D eigenvalue weighted by Gasteiger charge is 2.12. The summed E-state index contributed by atoms with van der Waals surface area (Å²) in [6, 6.07) is 7.11. The largest absolute Gasteiger partial charge is 0.350 e. The van der Waals surface area contributed by atoms with Gasteiger partial charge in [0.15, 0.2) is 0 Å². The average Bonchev–Trinajstić information content (AvgIpc) is 2.48. The molecule has 0 saturated carbocycles. The van der Waals surface area contributed by atoms with Gasteiger partial charge in [-0.25, -0.2) is 4.79 Å². The third-order valence-corrected chi connectivity index (χ3v) is 3.60. The number of urea groups is 1. The van der Waals surface area contributed by atoms with Crippen molar-refractivity contribution in [1.29, 1.82) is 0 Å². The molecule has 0 bridgehead atoms. The molecule has 1 rings (SSSR count). The number of amides is 3. The van der Waals surface area contributed by atoms with E-state index >= 15 is 0 Å². The van der Waals surface area contributed by atoms with Crippen molar-refractivity contribution in [2.45, 2.75) is 46.2 Å². The molecule has 0 aliphatic carbocycles. The molecule has 6 nitrogen and oxygen atoms in total. The van der Waals surface area contributed by atoms with Gasteiger partial charge in [0.1, 0.15) is 0 Å². The first-order valence-corrected chi connectivity index (χ1v) is 8.08. The minimum absolute atomic E-state index is 0. The van der Waals surface area contributed by atoms with Gasteiger partial charge in [0.25, 0.3) is 0 Å². The quantitative estimate of drug-likeness (QED) is 0.702. The number of rotatable bonds is 7. The van der Waals surface area contributed by atoms with Crippen molar-refractivity contribution in [2.24, 2.45) is 5.73 Å². The van der Waals surface area contributed by atoms with Crippen LogP contribution < -0.4 is 16.4 Å². The van der Waals surface area contributed by atoms with Crippen LogP contribution in [-0.4, -0.2) is 36.0 Å². The molecule has 1 aromatic rings. The number of nitrogens with zero attached hydrogens (tertiary/aromatic N) is 1. The predicted octanol–water partition coefficient (Wildman–Crippen LogP) is 2.90. The van der Waals surface area contributed by atoms with E-state index in [9.17, 15) is 9.59 Å². The SMILES string of the molecule is CCN(CC)C(=O)Nc1ccc(C(C)NC(=O)CC(C)N)cc1.Cl. The molecule has 0 radical (unpaired) electrons. The Morgan fingerprint density at radius 3 is 2.12 bits per heavy atom. The Hall–Kier alpha value is -1.79. The molecule has 0 spiro atoms. The van der Waals surface area contributed by atoms with Crippen LogP contribution in [0, 0.1) is 0 Å². The second-order valence-corrected chi connectivity index (χ2v) is 5.70. The van der Waals surface area contributed by atoms with Gasteiger partial charge in [-0.1, -0.05) is 12.1 Å². The molecular weight excluding hydrogens is 328 g/mol. The highest BCUT2D eigenvalue weighted by molar-refractivity contribution is 5.89. The van der Waals surface area contributed by atoms with Crippen LogP contribution in [0.3, 0.4) is 0 Å². The van der Waals surface area contributed by atoms with Gasteiger partial charge in [0.2, 0.25) is 5.91 Å². The van der Waals surface area contributed by atoms with Crippen molar-refractivity contribution in [1.82, 2.24) is 10.2 Å². The van der Waals surface area contributed by atoms with Crippen molar-refractivity contribution < 1.29 is 9.59 Å².